The standard InChI is InChI=1S/C16H23N5OS2/c1-3-21-15(18-19-16(21)23-2)13-7-4-8-20(13)11-14(22)17-10-12-6-5-9-24-12/h5-6,9,13H,3-4,7-8,10-11H2,1-2H3,(H,17,22)/p+1/t13-/m0/s1. The summed E-state index contributed by atoms with van der Waals surface area (Å²) in [4.78, 5) is 14.8. The van der Waals surface area contributed by atoms with Gasteiger partial charge in [0.25, 0.3) is 5.91 Å². The highest BCUT2D eigenvalue weighted by Crippen LogP contribution is 2.21. The van der Waals surface area contributed by atoms with Crippen molar-refractivity contribution in [3.8, 4) is 0 Å². The molecule has 130 valence electrons. The summed E-state index contributed by atoms with van der Waals surface area (Å²) in [6.45, 7) is 5.13. The molecule has 3 rings (SSSR count). The molecule has 6 nitrogen and oxygen atoms in total. The lowest BCUT2D eigenvalue weighted by Crippen LogP contribution is -3.11. The first-order valence-electron chi connectivity index (χ1n) is 8.33. The highest BCUT2D eigenvalue weighted by molar-refractivity contribution is 7.98. The molecule has 0 spiro atoms. The Labute approximate surface area is 150 Å². The van der Waals surface area contributed by atoms with Gasteiger partial charge in [0.05, 0.1) is 13.1 Å². The number of hydrogen-bond donors (Lipinski definition) is 2. The van der Waals surface area contributed by atoms with Crippen molar-refractivity contribution >= 4 is 29.0 Å². The van der Waals surface area contributed by atoms with E-state index in [-0.39, 0.29) is 11.9 Å². The summed E-state index contributed by atoms with van der Waals surface area (Å²) in [5, 5.41) is 14.7. The van der Waals surface area contributed by atoms with E-state index in [9.17, 15) is 4.79 Å². The van der Waals surface area contributed by atoms with Crippen LogP contribution in [0.5, 0.6) is 0 Å². The molecule has 3 heterocycles. The summed E-state index contributed by atoms with van der Waals surface area (Å²) < 4.78 is 2.18. The van der Waals surface area contributed by atoms with E-state index in [2.05, 4.69) is 27.0 Å². The number of thiophene rings is 1. The second kappa shape index (κ2) is 8.13. The molecular formula is C16H24N5OS2+. The molecule has 2 aromatic heterocycles. The third-order valence-electron chi connectivity index (χ3n) is 4.47. The first-order chi connectivity index (χ1) is 11.7. The maximum atomic E-state index is 12.3. The average molecular weight is 367 g/mol. The molecule has 24 heavy (non-hydrogen) atoms. The number of aromatic nitrogens is 3. The molecule has 2 aromatic rings. The lowest BCUT2D eigenvalue weighted by atomic mass is 10.2. The van der Waals surface area contributed by atoms with Crippen LogP contribution in [-0.2, 0) is 17.9 Å². The Morgan fingerprint density at radius 2 is 2.42 bits per heavy atom. The Morgan fingerprint density at radius 1 is 1.54 bits per heavy atom. The molecule has 8 heteroatoms. The summed E-state index contributed by atoms with van der Waals surface area (Å²) in [6.07, 6.45) is 4.22. The molecule has 1 unspecified atom stereocenters. The lowest BCUT2D eigenvalue weighted by Gasteiger charge is -2.21. The summed E-state index contributed by atoms with van der Waals surface area (Å²) in [6, 6.07) is 4.32. The van der Waals surface area contributed by atoms with Gasteiger partial charge in [0.2, 0.25) is 0 Å². The van der Waals surface area contributed by atoms with Gasteiger partial charge in [0.1, 0.15) is 6.04 Å². The fraction of sp³-hybridized carbons (Fsp3) is 0.562. The Kier molecular flexibility index (Phi) is 5.91. The Morgan fingerprint density at radius 3 is 3.12 bits per heavy atom. The van der Waals surface area contributed by atoms with Crippen molar-refractivity contribution in [2.45, 2.75) is 44.1 Å². The number of carbonyl (C=O) groups excluding carboxylic acids is 1. The van der Waals surface area contributed by atoms with E-state index >= 15 is 0 Å². The fourth-order valence-corrected chi connectivity index (χ4v) is 4.52. The van der Waals surface area contributed by atoms with E-state index < -0.39 is 0 Å². The second-order valence-electron chi connectivity index (χ2n) is 5.93. The maximum Gasteiger partial charge on any atom is 0.275 e. The van der Waals surface area contributed by atoms with Crippen LogP contribution in [0.3, 0.4) is 0 Å². The summed E-state index contributed by atoms with van der Waals surface area (Å²) in [7, 11) is 0. The highest BCUT2D eigenvalue weighted by atomic mass is 32.2. The number of hydrogen-bond acceptors (Lipinski definition) is 5. The number of amides is 1. The minimum atomic E-state index is 0.109. The third kappa shape index (κ3) is 3.81. The molecule has 1 amide bonds. The van der Waals surface area contributed by atoms with Crippen LogP contribution in [0.4, 0.5) is 0 Å². The van der Waals surface area contributed by atoms with Gasteiger partial charge in [-0.3, -0.25) is 4.79 Å². The van der Waals surface area contributed by atoms with Crippen molar-refractivity contribution in [1.82, 2.24) is 20.1 Å². The average Bonchev–Trinajstić information content (AvgIpc) is 3.32. The quantitative estimate of drug-likeness (QED) is 0.721. The number of quaternary nitrogens is 1. The molecule has 1 aliphatic rings. The molecule has 0 radical (unpaired) electrons. The molecule has 0 aromatic carbocycles. The normalized spacial score (nSPS) is 20.4. The maximum absolute atomic E-state index is 12.3. The predicted molar refractivity (Wildman–Crippen MR) is 96.3 cm³/mol. The topological polar surface area (TPSA) is 64.2 Å². The predicted octanol–water partition coefficient (Wildman–Crippen LogP) is 1.12. The van der Waals surface area contributed by atoms with Crippen molar-refractivity contribution in [3.05, 3.63) is 28.2 Å². The van der Waals surface area contributed by atoms with Gasteiger partial charge >= 0.3 is 0 Å². The fourth-order valence-electron chi connectivity index (χ4n) is 3.31. The van der Waals surface area contributed by atoms with E-state index in [1.165, 1.54) is 9.78 Å². The van der Waals surface area contributed by atoms with Gasteiger partial charge in [-0.2, -0.15) is 0 Å². The molecule has 2 atom stereocenters. The Balaban J connectivity index is 1.63. The second-order valence-corrected chi connectivity index (χ2v) is 7.73. The number of thioether (sulfide) groups is 1. The van der Waals surface area contributed by atoms with E-state index in [1.807, 2.05) is 23.8 Å². The monoisotopic (exact) mass is 366 g/mol. The van der Waals surface area contributed by atoms with Crippen LogP contribution < -0.4 is 10.2 Å². The van der Waals surface area contributed by atoms with E-state index in [0.29, 0.717) is 13.1 Å². The lowest BCUT2D eigenvalue weighted by molar-refractivity contribution is -0.911. The number of rotatable bonds is 7. The molecule has 0 aliphatic carbocycles. The molecule has 0 bridgehead atoms. The van der Waals surface area contributed by atoms with Gasteiger partial charge in [-0.15, -0.1) is 21.5 Å². The summed E-state index contributed by atoms with van der Waals surface area (Å²) in [5.74, 6) is 1.14. The van der Waals surface area contributed by atoms with Crippen LogP contribution in [0, 0.1) is 0 Å². The van der Waals surface area contributed by atoms with Crippen LogP contribution in [-0.4, -0.2) is 40.0 Å². The smallest absolute Gasteiger partial charge is 0.275 e. The van der Waals surface area contributed by atoms with Crippen molar-refractivity contribution < 1.29 is 9.69 Å². The summed E-state index contributed by atoms with van der Waals surface area (Å²) in [5.41, 5.74) is 0. The zero-order valence-electron chi connectivity index (χ0n) is 14.1. The molecule has 1 saturated heterocycles. The number of carbonyl (C=O) groups is 1. The SMILES string of the molecule is CCn1c(SC)nnc1[C@@H]1CCC[NH+]1CC(=O)NCc1cccs1. The van der Waals surface area contributed by atoms with Crippen molar-refractivity contribution in [3.63, 3.8) is 0 Å². The Hall–Kier alpha value is -1.38. The molecule has 1 aliphatic heterocycles. The van der Waals surface area contributed by atoms with Gasteiger partial charge in [-0.25, -0.2) is 0 Å². The van der Waals surface area contributed by atoms with Crippen LogP contribution in [0.15, 0.2) is 22.7 Å². The largest absolute Gasteiger partial charge is 0.346 e. The zero-order chi connectivity index (χ0) is 16.9. The van der Waals surface area contributed by atoms with Crippen LogP contribution in [0.2, 0.25) is 0 Å². The van der Waals surface area contributed by atoms with Crippen molar-refractivity contribution in [2.24, 2.45) is 0 Å². The summed E-state index contributed by atoms with van der Waals surface area (Å²) >= 11 is 3.29. The minimum Gasteiger partial charge on any atom is -0.346 e. The first-order valence-corrected chi connectivity index (χ1v) is 10.4. The van der Waals surface area contributed by atoms with E-state index in [0.717, 1.165) is 36.9 Å². The first kappa shape index (κ1) is 17.4. The van der Waals surface area contributed by atoms with E-state index in [4.69, 9.17) is 0 Å². The van der Waals surface area contributed by atoms with Gasteiger partial charge in [0, 0.05) is 24.3 Å². The number of nitrogens with one attached hydrogen (secondary N) is 2. The minimum absolute atomic E-state index is 0.109. The van der Waals surface area contributed by atoms with Gasteiger partial charge in [0.15, 0.2) is 17.5 Å². The van der Waals surface area contributed by atoms with Gasteiger partial charge in [-0.1, -0.05) is 17.8 Å². The third-order valence-corrected chi connectivity index (χ3v) is 6.01. The molecular weight excluding hydrogens is 342 g/mol. The van der Waals surface area contributed by atoms with E-state index in [1.54, 1.807) is 23.1 Å². The van der Waals surface area contributed by atoms with Crippen molar-refractivity contribution in [1.29, 1.82) is 0 Å². The highest BCUT2D eigenvalue weighted by Gasteiger charge is 2.35. The van der Waals surface area contributed by atoms with Crippen molar-refractivity contribution in [2.75, 3.05) is 19.3 Å². The van der Waals surface area contributed by atoms with Crippen LogP contribution in [0.25, 0.3) is 0 Å². The van der Waals surface area contributed by atoms with Crippen LogP contribution in [0.1, 0.15) is 36.5 Å². The number of nitrogens with zero attached hydrogens (tertiary/aromatic N) is 3. The van der Waals surface area contributed by atoms with Gasteiger partial charge in [-0.05, 0) is 24.6 Å². The zero-order valence-corrected chi connectivity index (χ0v) is 15.8. The van der Waals surface area contributed by atoms with Crippen LogP contribution >= 0.6 is 23.1 Å². The molecule has 0 saturated carbocycles. The Bertz CT molecular complexity index is 670. The molecule has 1 fully saturated rings. The van der Waals surface area contributed by atoms with Gasteiger partial charge < -0.3 is 14.8 Å². The number of likely N-dealkylation sites (tertiary alicyclic amines) is 1. The molecule has 2 N–H and O–H groups in total.